The van der Waals surface area contributed by atoms with Crippen LogP contribution in [-0.4, -0.2) is 19.9 Å². The summed E-state index contributed by atoms with van der Waals surface area (Å²) in [6.45, 7) is 4.55. The fourth-order valence-electron chi connectivity index (χ4n) is 1.51. The van der Waals surface area contributed by atoms with Crippen LogP contribution in [-0.2, 0) is 10.0 Å². The molecular weight excluding hydrogens is 252 g/mol. The largest absolute Gasteiger partial charge is 0.308 e. The summed E-state index contributed by atoms with van der Waals surface area (Å²) in [6, 6.07) is 2.99. The van der Waals surface area contributed by atoms with Gasteiger partial charge >= 0.3 is 0 Å². The summed E-state index contributed by atoms with van der Waals surface area (Å²) in [7, 11) is -3.48. The number of nitrogens with zero attached hydrogens (tertiary/aromatic N) is 1. The van der Waals surface area contributed by atoms with E-state index in [4.69, 9.17) is 5.84 Å². The minimum Gasteiger partial charge on any atom is -0.308 e. The van der Waals surface area contributed by atoms with Crippen molar-refractivity contribution >= 4 is 15.8 Å². The van der Waals surface area contributed by atoms with E-state index in [0.29, 0.717) is 18.3 Å². The Kier molecular flexibility index (Phi) is 5.52. The van der Waals surface area contributed by atoms with Crippen molar-refractivity contribution in [2.24, 2.45) is 11.8 Å². The fourth-order valence-corrected chi connectivity index (χ4v) is 2.57. The highest BCUT2D eigenvalue weighted by molar-refractivity contribution is 7.89. The molecule has 1 aromatic heterocycles. The number of nitrogens with one attached hydrogen (secondary N) is 2. The van der Waals surface area contributed by atoms with E-state index in [1.807, 2.05) is 13.8 Å². The normalized spacial score (nSPS) is 11.8. The van der Waals surface area contributed by atoms with Crippen LogP contribution in [0.4, 0.5) is 5.82 Å². The zero-order chi connectivity index (χ0) is 13.6. The molecule has 0 spiro atoms. The summed E-state index contributed by atoms with van der Waals surface area (Å²) in [4.78, 5) is 4.02. The summed E-state index contributed by atoms with van der Waals surface area (Å²) in [5.41, 5.74) is 2.35. The molecule has 0 radical (unpaired) electrons. The quantitative estimate of drug-likeness (QED) is 0.510. The molecule has 0 saturated carbocycles. The van der Waals surface area contributed by atoms with Crippen LogP contribution < -0.4 is 16.0 Å². The van der Waals surface area contributed by atoms with Gasteiger partial charge in [0.05, 0.1) is 0 Å². The van der Waals surface area contributed by atoms with Crippen LogP contribution in [0.2, 0.25) is 0 Å². The molecule has 0 aliphatic carbocycles. The van der Waals surface area contributed by atoms with Gasteiger partial charge in [0.15, 0.2) is 0 Å². The van der Waals surface area contributed by atoms with Crippen molar-refractivity contribution in [1.82, 2.24) is 9.71 Å². The average molecular weight is 272 g/mol. The third-order valence-electron chi connectivity index (χ3n) is 2.91. The van der Waals surface area contributed by atoms with Crippen molar-refractivity contribution in [3.8, 4) is 0 Å². The molecule has 0 aliphatic heterocycles. The molecule has 4 N–H and O–H groups in total. The number of aromatic nitrogens is 1. The van der Waals surface area contributed by atoms with E-state index in [0.717, 1.165) is 12.8 Å². The summed E-state index contributed by atoms with van der Waals surface area (Å²) in [5.74, 6) is 5.95. The summed E-state index contributed by atoms with van der Waals surface area (Å²) >= 11 is 0. The second-order valence-corrected chi connectivity index (χ2v) is 5.82. The molecule has 1 heterocycles. The predicted molar refractivity (Wildman–Crippen MR) is 71.3 cm³/mol. The van der Waals surface area contributed by atoms with E-state index in [-0.39, 0.29) is 4.90 Å². The highest BCUT2D eigenvalue weighted by Gasteiger charge is 2.15. The van der Waals surface area contributed by atoms with Gasteiger partial charge in [-0.15, -0.1) is 0 Å². The van der Waals surface area contributed by atoms with Gasteiger partial charge in [0, 0.05) is 12.7 Å². The maximum absolute atomic E-state index is 12.0. The predicted octanol–water partition coefficient (Wildman–Crippen LogP) is 1.08. The number of sulfonamides is 1. The molecule has 0 aromatic carbocycles. The lowest BCUT2D eigenvalue weighted by Gasteiger charge is -2.13. The zero-order valence-electron chi connectivity index (χ0n) is 10.7. The monoisotopic (exact) mass is 272 g/mol. The van der Waals surface area contributed by atoms with Crippen LogP contribution in [0.3, 0.4) is 0 Å². The van der Waals surface area contributed by atoms with Crippen molar-refractivity contribution in [1.29, 1.82) is 0 Å². The number of pyridine rings is 1. The van der Waals surface area contributed by atoms with Gasteiger partial charge in [0.1, 0.15) is 10.7 Å². The van der Waals surface area contributed by atoms with Crippen molar-refractivity contribution in [3.63, 3.8) is 0 Å². The second kappa shape index (κ2) is 6.67. The molecule has 0 atom stereocenters. The van der Waals surface area contributed by atoms with Crippen molar-refractivity contribution in [2.75, 3.05) is 12.0 Å². The molecule has 0 saturated heterocycles. The van der Waals surface area contributed by atoms with Crippen LogP contribution in [0.1, 0.15) is 26.7 Å². The molecule has 102 valence electrons. The molecule has 6 nitrogen and oxygen atoms in total. The maximum atomic E-state index is 12.0. The number of anilines is 1. The molecule has 0 bridgehead atoms. The van der Waals surface area contributed by atoms with E-state index in [9.17, 15) is 8.42 Å². The number of hydrazine groups is 1. The first-order chi connectivity index (χ1) is 8.53. The molecule has 0 aliphatic rings. The Balaban J connectivity index is 2.73. The van der Waals surface area contributed by atoms with Gasteiger partial charge in [-0.1, -0.05) is 26.7 Å². The Bertz CT molecular complexity index is 454. The standard InChI is InChI=1S/C11H20N4O2S/c1-3-9(4-2)7-14-18(16,17)10-5-6-11(15-12)13-8-10/h5-6,8-9,14H,3-4,7,12H2,1-2H3,(H,13,15). The van der Waals surface area contributed by atoms with Gasteiger partial charge in [-0.25, -0.2) is 24.0 Å². The highest BCUT2D eigenvalue weighted by Crippen LogP contribution is 2.11. The van der Waals surface area contributed by atoms with Crippen LogP contribution in [0.15, 0.2) is 23.2 Å². The molecule has 7 heteroatoms. The second-order valence-electron chi connectivity index (χ2n) is 4.06. The van der Waals surface area contributed by atoms with Gasteiger partial charge in [0.25, 0.3) is 0 Å². The molecule has 0 amide bonds. The van der Waals surface area contributed by atoms with Crippen molar-refractivity contribution < 1.29 is 8.42 Å². The van der Waals surface area contributed by atoms with Crippen molar-refractivity contribution in [3.05, 3.63) is 18.3 Å². The summed E-state index contributed by atoms with van der Waals surface area (Å²) in [6.07, 6.45) is 3.19. The number of nitrogen functional groups attached to an aromatic ring is 1. The third-order valence-corrected chi connectivity index (χ3v) is 4.32. The Morgan fingerprint density at radius 1 is 1.33 bits per heavy atom. The number of hydrogen-bond acceptors (Lipinski definition) is 5. The molecule has 1 aromatic rings. The molecular formula is C11H20N4O2S. The molecule has 0 fully saturated rings. The maximum Gasteiger partial charge on any atom is 0.242 e. The van der Waals surface area contributed by atoms with Crippen LogP contribution in [0, 0.1) is 5.92 Å². The van der Waals surface area contributed by atoms with Crippen molar-refractivity contribution in [2.45, 2.75) is 31.6 Å². The van der Waals surface area contributed by atoms with Crippen LogP contribution in [0.25, 0.3) is 0 Å². The topological polar surface area (TPSA) is 97.1 Å². The van der Waals surface area contributed by atoms with E-state index < -0.39 is 10.0 Å². The Morgan fingerprint density at radius 2 is 2.00 bits per heavy atom. The minimum atomic E-state index is -3.48. The third kappa shape index (κ3) is 3.94. The lowest BCUT2D eigenvalue weighted by Crippen LogP contribution is -2.29. The van der Waals surface area contributed by atoms with Gasteiger partial charge in [-0.2, -0.15) is 0 Å². The smallest absolute Gasteiger partial charge is 0.242 e. The molecule has 18 heavy (non-hydrogen) atoms. The molecule has 1 rings (SSSR count). The van der Waals surface area contributed by atoms with Crippen LogP contribution in [0.5, 0.6) is 0 Å². The van der Waals surface area contributed by atoms with E-state index >= 15 is 0 Å². The Hall–Kier alpha value is -1.18. The first kappa shape index (κ1) is 14.9. The SMILES string of the molecule is CCC(CC)CNS(=O)(=O)c1ccc(NN)nc1. The minimum absolute atomic E-state index is 0.146. The Labute approximate surface area is 108 Å². The van der Waals surface area contributed by atoms with Gasteiger partial charge in [-0.3, -0.25) is 0 Å². The van der Waals surface area contributed by atoms with Gasteiger partial charge < -0.3 is 5.43 Å². The number of rotatable bonds is 7. The average Bonchev–Trinajstić information content (AvgIpc) is 2.40. The first-order valence-corrected chi connectivity index (χ1v) is 7.44. The highest BCUT2D eigenvalue weighted by atomic mass is 32.2. The van der Waals surface area contributed by atoms with Crippen LogP contribution >= 0.6 is 0 Å². The zero-order valence-corrected chi connectivity index (χ0v) is 11.5. The fraction of sp³-hybridized carbons (Fsp3) is 0.545. The molecule has 0 unspecified atom stereocenters. The van der Waals surface area contributed by atoms with E-state index in [1.165, 1.54) is 18.3 Å². The summed E-state index contributed by atoms with van der Waals surface area (Å²) in [5, 5.41) is 0. The van der Waals surface area contributed by atoms with E-state index in [1.54, 1.807) is 0 Å². The van der Waals surface area contributed by atoms with Gasteiger partial charge in [-0.05, 0) is 18.1 Å². The lowest BCUT2D eigenvalue weighted by molar-refractivity contribution is 0.479. The number of nitrogens with two attached hydrogens (primary N) is 1. The first-order valence-electron chi connectivity index (χ1n) is 5.95. The number of hydrogen-bond donors (Lipinski definition) is 3. The summed E-state index contributed by atoms with van der Waals surface area (Å²) < 4.78 is 26.5. The van der Waals surface area contributed by atoms with Gasteiger partial charge in [0.2, 0.25) is 10.0 Å². The Morgan fingerprint density at radius 3 is 2.44 bits per heavy atom. The lowest BCUT2D eigenvalue weighted by atomic mass is 10.0. The van der Waals surface area contributed by atoms with E-state index in [2.05, 4.69) is 15.1 Å².